The van der Waals surface area contributed by atoms with Crippen LogP contribution in [0.3, 0.4) is 0 Å². The second kappa shape index (κ2) is 8.05. The van der Waals surface area contributed by atoms with Crippen molar-refractivity contribution in [1.29, 1.82) is 0 Å². The third kappa shape index (κ3) is 3.86. The maximum absolute atomic E-state index is 12.9. The molecule has 0 fully saturated rings. The summed E-state index contributed by atoms with van der Waals surface area (Å²) in [5.74, 6) is -0.181. The van der Waals surface area contributed by atoms with Crippen molar-refractivity contribution in [2.24, 2.45) is 0 Å². The monoisotopic (exact) mass is 407 g/mol. The molecule has 2 aromatic carbocycles. The summed E-state index contributed by atoms with van der Waals surface area (Å²) < 4.78 is 27.3. The number of carbonyl (C=O) groups is 1. The van der Waals surface area contributed by atoms with Gasteiger partial charge in [0.05, 0.1) is 10.6 Å². The van der Waals surface area contributed by atoms with Gasteiger partial charge in [0.2, 0.25) is 5.91 Å². The number of aromatic nitrogens is 1. The van der Waals surface area contributed by atoms with Gasteiger partial charge < -0.3 is 5.32 Å². The van der Waals surface area contributed by atoms with Crippen molar-refractivity contribution in [1.82, 2.24) is 10.3 Å². The highest BCUT2D eigenvalue weighted by atomic mass is 32.2. The number of unbranched alkanes of at least 4 members (excludes halogenated alkanes) is 1. The molecule has 0 saturated carbocycles. The molecule has 0 bridgehead atoms. The van der Waals surface area contributed by atoms with Crippen molar-refractivity contribution >= 4 is 38.5 Å². The molecule has 2 heterocycles. The molecule has 0 radical (unpaired) electrons. The highest BCUT2D eigenvalue weighted by Gasteiger charge is 2.34. The molecule has 1 amide bonds. The fraction of sp³-hybridized carbons (Fsp3) is 0.182. The van der Waals surface area contributed by atoms with Crippen molar-refractivity contribution in [3.05, 3.63) is 72.6 Å². The van der Waals surface area contributed by atoms with E-state index >= 15 is 0 Å². The Balaban J connectivity index is 1.31. The van der Waals surface area contributed by atoms with Gasteiger partial charge >= 0.3 is 0 Å². The highest BCUT2D eigenvalue weighted by molar-refractivity contribution is 7.93. The summed E-state index contributed by atoms with van der Waals surface area (Å²) in [5, 5.41) is 4.55. The van der Waals surface area contributed by atoms with E-state index in [0.717, 1.165) is 22.0 Å². The van der Waals surface area contributed by atoms with Crippen LogP contribution in [-0.4, -0.2) is 32.4 Å². The zero-order chi connectivity index (χ0) is 20.3. The van der Waals surface area contributed by atoms with Crippen LogP contribution in [0.15, 0.2) is 71.9 Å². The predicted octanol–water partition coefficient (Wildman–Crippen LogP) is 3.35. The maximum atomic E-state index is 12.9. The summed E-state index contributed by atoms with van der Waals surface area (Å²) >= 11 is 0. The SMILES string of the molecule is O=C(/C=C/c1cccnc1)NCCCCN1c2cccc3cccc(c23)S1(=O)=O. The number of hydrogen-bond donors (Lipinski definition) is 1. The molecule has 1 aromatic heterocycles. The van der Waals surface area contributed by atoms with Crippen molar-refractivity contribution in [3.63, 3.8) is 0 Å². The Hall–Kier alpha value is -3.19. The number of pyridine rings is 1. The van der Waals surface area contributed by atoms with Gasteiger partial charge in [-0.1, -0.05) is 30.3 Å². The van der Waals surface area contributed by atoms with Crippen LogP contribution >= 0.6 is 0 Å². The van der Waals surface area contributed by atoms with E-state index in [1.807, 2.05) is 36.4 Å². The standard InChI is InChI=1S/C22H21N3O3S/c26-21(12-11-17-6-5-13-23-16-17)24-14-1-2-15-25-19-9-3-7-18-8-4-10-20(22(18)19)29(25,27)28/h3-13,16H,1-2,14-15H2,(H,24,26)/b12-11+. The first-order valence-corrected chi connectivity index (χ1v) is 10.9. The Bertz CT molecular complexity index is 1170. The summed E-state index contributed by atoms with van der Waals surface area (Å²) in [6, 6.07) is 14.7. The molecule has 148 valence electrons. The van der Waals surface area contributed by atoms with Crippen LogP contribution in [0.2, 0.25) is 0 Å². The quantitative estimate of drug-likeness (QED) is 0.481. The minimum absolute atomic E-state index is 0.181. The number of hydrogen-bond acceptors (Lipinski definition) is 4. The number of anilines is 1. The van der Waals surface area contributed by atoms with E-state index < -0.39 is 10.0 Å². The van der Waals surface area contributed by atoms with Gasteiger partial charge in [0, 0.05) is 36.9 Å². The van der Waals surface area contributed by atoms with Crippen LogP contribution in [0.4, 0.5) is 5.69 Å². The first kappa shape index (κ1) is 19.1. The molecule has 1 N–H and O–H groups in total. The minimum Gasteiger partial charge on any atom is -0.353 e. The lowest BCUT2D eigenvalue weighted by atomic mass is 10.1. The van der Waals surface area contributed by atoms with Crippen LogP contribution in [0.5, 0.6) is 0 Å². The lowest BCUT2D eigenvalue weighted by Crippen LogP contribution is -2.29. The van der Waals surface area contributed by atoms with Crippen molar-refractivity contribution < 1.29 is 13.2 Å². The first-order chi connectivity index (χ1) is 14.1. The van der Waals surface area contributed by atoms with E-state index in [9.17, 15) is 13.2 Å². The molecule has 0 saturated heterocycles. The van der Waals surface area contributed by atoms with Crippen LogP contribution in [-0.2, 0) is 14.8 Å². The first-order valence-electron chi connectivity index (χ1n) is 9.48. The molecule has 0 aliphatic carbocycles. The topological polar surface area (TPSA) is 79.4 Å². The second-order valence-corrected chi connectivity index (χ2v) is 8.66. The van der Waals surface area contributed by atoms with Crippen LogP contribution in [0.1, 0.15) is 18.4 Å². The normalized spacial score (nSPS) is 14.6. The van der Waals surface area contributed by atoms with E-state index in [1.165, 1.54) is 10.4 Å². The molecule has 6 nitrogen and oxygen atoms in total. The summed E-state index contributed by atoms with van der Waals surface area (Å²) in [7, 11) is -3.51. The minimum atomic E-state index is -3.51. The van der Waals surface area contributed by atoms with E-state index in [1.54, 1.807) is 30.6 Å². The third-order valence-corrected chi connectivity index (χ3v) is 6.74. The van der Waals surface area contributed by atoms with E-state index in [0.29, 0.717) is 30.8 Å². The number of benzene rings is 2. The number of nitrogens with zero attached hydrogens (tertiary/aromatic N) is 2. The highest BCUT2D eigenvalue weighted by Crippen LogP contribution is 2.41. The summed E-state index contributed by atoms with van der Waals surface area (Å²) in [4.78, 5) is 16.3. The van der Waals surface area contributed by atoms with E-state index in [4.69, 9.17) is 0 Å². The number of amides is 1. The Morgan fingerprint density at radius 2 is 1.90 bits per heavy atom. The molecular formula is C22H21N3O3S. The number of sulfonamides is 1. The fourth-order valence-electron chi connectivity index (χ4n) is 3.50. The maximum Gasteiger partial charge on any atom is 0.265 e. The predicted molar refractivity (Wildman–Crippen MR) is 114 cm³/mol. The summed E-state index contributed by atoms with van der Waals surface area (Å²) in [6.45, 7) is 0.874. The average molecular weight is 407 g/mol. The Labute approximate surface area is 169 Å². The second-order valence-electron chi connectivity index (χ2n) is 6.83. The zero-order valence-corrected chi connectivity index (χ0v) is 16.6. The molecule has 29 heavy (non-hydrogen) atoms. The van der Waals surface area contributed by atoms with E-state index in [-0.39, 0.29) is 5.91 Å². The van der Waals surface area contributed by atoms with Gasteiger partial charge in [0.15, 0.2) is 0 Å². The van der Waals surface area contributed by atoms with Crippen LogP contribution < -0.4 is 9.62 Å². The summed E-state index contributed by atoms with van der Waals surface area (Å²) in [5.41, 5.74) is 1.59. The molecule has 1 aliphatic heterocycles. The number of nitrogens with one attached hydrogen (secondary N) is 1. The van der Waals surface area contributed by atoms with E-state index in [2.05, 4.69) is 10.3 Å². The number of carbonyl (C=O) groups excluding carboxylic acids is 1. The summed E-state index contributed by atoms with van der Waals surface area (Å²) in [6.07, 6.45) is 7.87. The molecular weight excluding hydrogens is 386 g/mol. The Kier molecular flexibility index (Phi) is 5.31. The van der Waals surface area contributed by atoms with Gasteiger partial charge in [0.1, 0.15) is 0 Å². The van der Waals surface area contributed by atoms with Gasteiger partial charge in [-0.25, -0.2) is 8.42 Å². The van der Waals surface area contributed by atoms with Crippen molar-refractivity contribution in [2.75, 3.05) is 17.4 Å². The van der Waals surface area contributed by atoms with Crippen LogP contribution in [0.25, 0.3) is 16.8 Å². The number of rotatable bonds is 7. The largest absolute Gasteiger partial charge is 0.353 e. The Morgan fingerprint density at radius 3 is 2.69 bits per heavy atom. The van der Waals surface area contributed by atoms with Crippen molar-refractivity contribution in [2.45, 2.75) is 17.7 Å². The fourth-order valence-corrected chi connectivity index (χ4v) is 5.25. The van der Waals surface area contributed by atoms with Gasteiger partial charge in [-0.15, -0.1) is 0 Å². The van der Waals surface area contributed by atoms with Gasteiger partial charge in [-0.05, 0) is 48.1 Å². The average Bonchev–Trinajstić information content (AvgIpc) is 2.96. The molecule has 4 rings (SSSR count). The molecule has 0 unspecified atom stereocenters. The molecule has 1 aliphatic rings. The lowest BCUT2D eigenvalue weighted by molar-refractivity contribution is -0.116. The zero-order valence-electron chi connectivity index (χ0n) is 15.8. The molecule has 0 atom stereocenters. The smallest absolute Gasteiger partial charge is 0.265 e. The molecule has 7 heteroatoms. The van der Waals surface area contributed by atoms with Gasteiger partial charge in [0.25, 0.3) is 10.0 Å². The van der Waals surface area contributed by atoms with Gasteiger partial charge in [-0.3, -0.25) is 14.1 Å². The third-order valence-electron chi connectivity index (χ3n) is 4.88. The van der Waals surface area contributed by atoms with Gasteiger partial charge in [-0.2, -0.15) is 0 Å². The Morgan fingerprint density at radius 1 is 1.07 bits per heavy atom. The lowest BCUT2D eigenvalue weighted by Gasteiger charge is -2.18. The van der Waals surface area contributed by atoms with Crippen molar-refractivity contribution in [3.8, 4) is 0 Å². The van der Waals surface area contributed by atoms with Crippen LogP contribution in [0, 0.1) is 0 Å². The molecule has 0 spiro atoms. The molecule has 3 aromatic rings.